The average Bonchev–Trinajstić information content (AvgIpc) is 3.42. The summed E-state index contributed by atoms with van der Waals surface area (Å²) in [6.45, 7) is 11.4. The van der Waals surface area contributed by atoms with Crippen molar-refractivity contribution in [1.82, 2.24) is 14.8 Å². The molecule has 0 aromatic carbocycles. The Morgan fingerprint density at radius 2 is 1.92 bits per heavy atom. The first-order valence-corrected chi connectivity index (χ1v) is 13.8. The van der Waals surface area contributed by atoms with Gasteiger partial charge in [-0.3, -0.25) is 9.78 Å². The quantitative estimate of drug-likeness (QED) is 0.258. The van der Waals surface area contributed by atoms with Crippen LogP contribution in [0.4, 0.5) is 4.79 Å². The monoisotopic (exact) mass is 541 g/mol. The van der Waals surface area contributed by atoms with Crippen molar-refractivity contribution < 1.29 is 29.0 Å². The summed E-state index contributed by atoms with van der Waals surface area (Å²) >= 11 is 1.52. The van der Waals surface area contributed by atoms with Gasteiger partial charge in [0.15, 0.2) is 0 Å². The van der Waals surface area contributed by atoms with Gasteiger partial charge in [-0.1, -0.05) is 32.2 Å². The number of thioether (sulfide) groups is 1. The minimum Gasteiger partial charge on any atom is -0.457 e. The molecule has 0 bridgehead atoms. The van der Waals surface area contributed by atoms with Gasteiger partial charge in [-0.15, -0.1) is 11.8 Å². The third-order valence-electron chi connectivity index (χ3n) is 7.38. The second kappa shape index (κ2) is 12.2. The number of amides is 2. The Bertz CT molecular complexity index is 1110. The normalized spacial score (nSPS) is 27.0. The van der Waals surface area contributed by atoms with E-state index in [2.05, 4.69) is 18.1 Å². The summed E-state index contributed by atoms with van der Waals surface area (Å²) in [5.74, 6) is -1.56. The lowest BCUT2D eigenvalue weighted by molar-refractivity contribution is -0.164. The molecule has 0 aliphatic carbocycles. The van der Waals surface area contributed by atoms with Crippen LogP contribution in [0.3, 0.4) is 0 Å². The van der Waals surface area contributed by atoms with E-state index >= 15 is 0 Å². The number of aryl methyl sites for hydroxylation is 1. The van der Waals surface area contributed by atoms with Gasteiger partial charge in [0.2, 0.25) is 5.91 Å². The smallest absolute Gasteiger partial charge is 0.410 e. The Morgan fingerprint density at radius 3 is 2.58 bits per heavy atom. The number of ether oxygens (including phenoxy) is 2. The van der Waals surface area contributed by atoms with Crippen molar-refractivity contribution in [2.45, 2.75) is 56.5 Å². The van der Waals surface area contributed by atoms with Crippen molar-refractivity contribution in [2.75, 3.05) is 19.8 Å². The van der Waals surface area contributed by atoms with E-state index in [9.17, 15) is 19.5 Å². The van der Waals surface area contributed by atoms with Crippen LogP contribution in [0.5, 0.6) is 0 Å². The van der Waals surface area contributed by atoms with Gasteiger partial charge in [-0.05, 0) is 43.9 Å². The molecule has 9 nitrogen and oxygen atoms in total. The number of esters is 1. The molecule has 1 N–H and O–H groups in total. The van der Waals surface area contributed by atoms with Crippen LogP contribution in [0, 0.1) is 11.8 Å². The molecule has 10 heteroatoms. The predicted octanol–water partition coefficient (Wildman–Crippen LogP) is 3.31. The van der Waals surface area contributed by atoms with Crippen LogP contribution in [0.25, 0.3) is 0 Å². The number of carbonyl (C=O) groups is 3. The van der Waals surface area contributed by atoms with Crippen molar-refractivity contribution in [3.8, 4) is 0 Å². The number of aliphatic hydroxyl groups excluding tert-OH is 1. The van der Waals surface area contributed by atoms with Crippen LogP contribution in [0.1, 0.15) is 32.3 Å². The van der Waals surface area contributed by atoms with E-state index in [4.69, 9.17) is 9.47 Å². The minimum absolute atomic E-state index is 0.00724. The molecular weight excluding hydrogens is 506 g/mol. The number of aliphatic hydroxyl groups is 1. The summed E-state index contributed by atoms with van der Waals surface area (Å²) in [6.07, 6.45) is 7.57. The zero-order valence-corrected chi connectivity index (χ0v) is 22.6. The van der Waals surface area contributed by atoms with Crippen LogP contribution in [-0.2, 0) is 25.5 Å². The van der Waals surface area contributed by atoms with Crippen molar-refractivity contribution in [3.63, 3.8) is 0 Å². The maximum absolute atomic E-state index is 13.1. The van der Waals surface area contributed by atoms with Crippen LogP contribution < -0.4 is 0 Å². The van der Waals surface area contributed by atoms with Crippen molar-refractivity contribution in [1.29, 1.82) is 0 Å². The van der Waals surface area contributed by atoms with Crippen LogP contribution in [-0.4, -0.2) is 81.1 Å². The molecule has 2 amide bonds. The largest absolute Gasteiger partial charge is 0.457 e. The number of nitrogens with zero attached hydrogens (tertiary/aromatic N) is 3. The molecule has 3 aliphatic rings. The molecule has 6 atom stereocenters. The Hall–Kier alpha value is -3.11. The highest BCUT2D eigenvalue weighted by atomic mass is 32.2. The van der Waals surface area contributed by atoms with E-state index in [-0.39, 0.29) is 54.2 Å². The number of hydrogen-bond donors (Lipinski definition) is 1. The molecule has 2 saturated heterocycles. The number of β-lactam (4-membered cyclic amide) rings is 1. The molecular formula is C28H35N3O6S. The third-order valence-corrected chi connectivity index (χ3v) is 8.87. The fourth-order valence-electron chi connectivity index (χ4n) is 5.60. The second-order valence-corrected chi connectivity index (χ2v) is 11.2. The number of aromatic nitrogens is 1. The predicted molar refractivity (Wildman–Crippen MR) is 144 cm³/mol. The first-order chi connectivity index (χ1) is 18.3. The second-order valence-electron chi connectivity index (χ2n) is 9.90. The maximum Gasteiger partial charge on any atom is 0.410 e. The highest BCUT2D eigenvalue weighted by Gasteiger charge is 2.60. The molecule has 0 spiro atoms. The molecule has 1 aromatic rings. The van der Waals surface area contributed by atoms with Gasteiger partial charge in [0.05, 0.1) is 18.1 Å². The van der Waals surface area contributed by atoms with E-state index in [1.807, 2.05) is 19.1 Å². The van der Waals surface area contributed by atoms with Crippen LogP contribution in [0.2, 0.25) is 0 Å². The lowest BCUT2D eigenvalue weighted by atomic mass is 9.79. The zero-order valence-electron chi connectivity index (χ0n) is 21.8. The Balaban J connectivity index is 1.55. The highest BCUT2D eigenvalue weighted by Crippen LogP contribution is 2.52. The number of fused-ring (bicyclic) bond motifs is 1. The van der Waals surface area contributed by atoms with E-state index in [0.717, 1.165) is 23.3 Å². The number of likely N-dealkylation sites (tertiary alicyclic amines) is 1. The van der Waals surface area contributed by atoms with Gasteiger partial charge in [-0.25, -0.2) is 9.59 Å². The molecule has 0 saturated carbocycles. The average molecular weight is 542 g/mol. The van der Waals surface area contributed by atoms with E-state index in [1.54, 1.807) is 24.2 Å². The zero-order chi connectivity index (χ0) is 27.4. The first kappa shape index (κ1) is 27.9. The molecule has 1 aromatic heterocycles. The fraction of sp³-hybridized carbons (Fsp3) is 0.500. The van der Waals surface area contributed by atoms with E-state index < -0.39 is 18.0 Å². The number of hydrogen-bond acceptors (Lipinski definition) is 8. The standard InChI is InChI=1S/C28H35N3O6S/c1-5-13-36-27(34)24-25(17(3)23-22(18(4)32)26(33)31(23)24)38-21-15-20(8-7-19-9-11-29-12-10-19)30(16-21)28(35)37-14-6-2/h5-6,9-12,17-18,20-23,32H,1-2,7-8,13-16H2,3-4H3/t17-,18-,20-,21+,22-,23-/m1/s1. The summed E-state index contributed by atoms with van der Waals surface area (Å²) in [5.41, 5.74) is 1.39. The SMILES string of the molecule is C=CCOC(=O)C1=C(S[C@H]2C[C@@H](CCc3ccncc3)N(C(=O)OCC=C)C2)[C@H](C)[C@@H]2[C@@H]([C@@H](C)O)C(=O)N12. The number of pyridine rings is 1. The Labute approximate surface area is 227 Å². The van der Waals surface area contributed by atoms with Gasteiger partial charge < -0.3 is 24.4 Å². The third kappa shape index (κ3) is 5.51. The van der Waals surface area contributed by atoms with Crippen molar-refractivity contribution in [3.05, 3.63) is 66.0 Å². The Kier molecular flexibility index (Phi) is 8.94. The maximum atomic E-state index is 13.1. The summed E-state index contributed by atoms with van der Waals surface area (Å²) in [4.78, 5) is 47.0. The highest BCUT2D eigenvalue weighted by molar-refractivity contribution is 8.03. The van der Waals surface area contributed by atoms with Gasteiger partial charge in [0.1, 0.15) is 18.9 Å². The van der Waals surface area contributed by atoms with E-state index in [0.29, 0.717) is 13.0 Å². The number of carbonyl (C=O) groups excluding carboxylic acids is 3. The fourth-order valence-corrected chi connectivity index (χ4v) is 7.16. The summed E-state index contributed by atoms with van der Waals surface area (Å²) in [6, 6.07) is 3.59. The summed E-state index contributed by atoms with van der Waals surface area (Å²) in [7, 11) is 0. The molecule has 0 unspecified atom stereocenters. The van der Waals surface area contributed by atoms with Crippen LogP contribution in [0.15, 0.2) is 60.4 Å². The Morgan fingerprint density at radius 1 is 1.24 bits per heavy atom. The van der Waals surface area contributed by atoms with Gasteiger partial charge >= 0.3 is 12.1 Å². The van der Waals surface area contributed by atoms with Gasteiger partial charge in [-0.2, -0.15) is 0 Å². The molecule has 204 valence electrons. The molecule has 4 heterocycles. The van der Waals surface area contributed by atoms with Crippen molar-refractivity contribution in [2.24, 2.45) is 11.8 Å². The molecule has 0 radical (unpaired) electrons. The molecule has 2 fully saturated rings. The van der Waals surface area contributed by atoms with Gasteiger partial charge in [0, 0.05) is 41.1 Å². The molecule has 38 heavy (non-hydrogen) atoms. The first-order valence-electron chi connectivity index (χ1n) is 12.9. The summed E-state index contributed by atoms with van der Waals surface area (Å²) in [5, 5.41) is 10.2. The molecule has 3 aliphatic heterocycles. The van der Waals surface area contributed by atoms with E-state index in [1.165, 1.54) is 28.8 Å². The lowest BCUT2D eigenvalue weighted by Crippen LogP contribution is -2.63. The van der Waals surface area contributed by atoms with Crippen LogP contribution >= 0.6 is 11.8 Å². The minimum atomic E-state index is -0.819. The lowest BCUT2D eigenvalue weighted by Gasteiger charge is -2.46. The van der Waals surface area contributed by atoms with Gasteiger partial charge in [0.25, 0.3) is 0 Å². The van der Waals surface area contributed by atoms with Crippen molar-refractivity contribution >= 4 is 29.7 Å². The topological polar surface area (TPSA) is 109 Å². The molecule has 4 rings (SSSR count). The number of rotatable bonds is 11. The summed E-state index contributed by atoms with van der Waals surface area (Å²) < 4.78 is 10.7.